The van der Waals surface area contributed by atoms with Crippen LogP contribution in [0.25, 0.3) is 0 Å². The second kappa shape index (κ2) is 5.16. The molecule has 0 unspecified atom stereocenters. The second-order valence-corrected chi connectivity index (χ2v) is 6.83. The summed E-state index contributed by atoms with van der Waals surface area (Å²) in [6, 6.07) is 5.80. The molecule has 0 radical (unpaired) electrons. The lowest BCUT2D eigenvalue weighted by atomic mass is 9.85. The summed E-state index contributed by atoms with van der Waals surface area (Å²) in [7, 11) is 0. The normalized spacial score (nSPS) is 20.8. The number of hydrogen-bond donors (Lipinski definition) is 0. The molecule has 2 aromatic rings. The third-order valence-electron chi connectivity index (χ3n) is 4.57. The summed E-state index contributed by atoms with van der Waals surface area (Å²) in [5, 5.41) is 2.12. The van der Waals surface area contributed by atoms with Gasteiger partial charge in [-0.25, -0.2) is 4.98 Å². The van der Waals surface area contributed by atoms with Crippen LogP contribution in [0.3, 0.4) is 0 Å². The fourth-order valence-electron chi connectivity index (χ4n) is 3.40. The Labute approximate surface area is 127 Å². The van der Waals surface area contributed by atoms with Crippen LogP contribution in [0.15, 0.2) is 29.8 Å². The maximum atomic E-state index is 13.2. The van der Waals surface area contributed by atoms with Crippen molar-refractivity contribution in [1.29, 1.82) is 0 Å². The maximum absolute atomic E-state index is 13.2. The summed E-state index contributed by atoms with van der Waals surface area (Å²) in [6.45, 7) is 3.55. The molecule has 5 heteroatoms. The van der Waals surface area contributed by atoms with E-state index in [-0.39, 0.29) is 5.60 Å². The van der Waals surface area contributed by atoms with Gasteiger partial charge in [0.1, 0.15) is 0 Å². The smallest absolute Gasteiger partial charge is 0.213 e. The zero-order valence-corrected chi connectivity index (χ0v) is 12.5. The molecule has 2 aliphatic rings. The number of hydrogen-bond acceptors (Lipinski definition) is 4. The summed E-state index contributed by atoms with van der Waals surface area (Å²) in [4.78, 5) is 7.69. The van der Waals surface area contributed by atoms with Gasteiger partial charge in [0.2, 0.25) is 5.95 Å². The number of rotatable bonds is 2. The molecule has 0 bridgehead atoms. The van der Waals surface area contributed by atoms with E-state index in [0.717, 1.165) is 43.6 Å². The summed E-state index contributed by atoms with van der Waals surface area (Å²) in [5.74, 6) is -0.412. The molecule has 0 amide bonds. The molecule has 110 valence electrons. The molecule has 1 fully saturated rings. The lowest BCUT2D eigenvalue weighted by Gasteiger charge is -2.39. The average molecular weight is 304 g/mol. The van der Waals surface area contributed by atoms with Gasteiger partial charge in [0.25, 0.3) is 0 Å². The fraction of sp³-hybridized carbons (Fsp3) is 0.438. The van der Waals surface area contributed by atoms with E-state index in [1.165, 1.54) is 10.9 Å². The third-order valence-corrected chi connectivity index (χ3v) is 5.44. The van der Waals surface area contributed by atoms with E-state index < -0.39 is 5.95 Å². The van der Waals surface area contributed by atoms with Gasteiger partial charge in [-0.3, -0.25) is 4.90 Å². The predicted molar refractivity (Wildman–Crippen MR) is 79.5 cm³/mol. The molecule has 0 aromatic carbocycles. The number of nitrogens with zero attached hydrogens (tertiary/aromatic N) is 2. The molecule has 21 heavy (non-hydrogen) atoms. The van der Waals surface area contributed by atoms with Crippen molar-refractivity contribution in [1.82, 2.24) is 9.88 Å². The third kappa shape index (κ3) is 2.39. The van der Waals surface area contributed by atoms with Crippen molar-refractivity contribution >= 4 is 11.3 Å². The first-order valence-corrected chi connectivity index (χ1v) is 8.17. The summed E-state index contributed by atoms with van der Waals surface area (Å²) < 4.78 is 19.3. The van der Waals surface area contributed by atoms with E-state index >= 15 is 0 Å². The van der Waals surface area contributed by atoms with Gasteiger partial charge in [0.05, 0.1) is 12.2 Å². The highest BCUT2D eigenvalue weighted by atomic mass is 32.1. The van der Waals surface area contributed by atoms with Crippen molar-refractivity contribution in [3.05, 3.63) is 51.7 Å². The Morgan fingerprint density at radius 1 is 1.38 bits per heavy atom. The number of likely N-dealkylation sites (tertiary alicyclic amines) is 1. The highest BCUT2D eigenvalue weighted by Crippen LogP contribution is 2.44. The van der Waals surface area contributed by atoms with Crippen molar-refractivity contribution < 1.29 is 9.13 Å². The lowest BCUT2D eigenvalue weighted by molar-refractivity contribution is -0.0799. The molecule has 4 heterocycles. The number of piperidine rings is 1. The Morgan fingerprint density at radius 2 is 2.24 bits per heavy atom. The fourth-order valence-corrected chi connectivity index (χ4v) is 4.15. The first kappa shape index (κ1) is 13.4. The molecule has 0 atom stereocenters. The van der Waals surface area contributed by atoms with Gasteiger partial charge in [-0.2, -0.15) is 4.39 Å². The molecule has 0 N–H and O–H groups in total. The molecule has 3 nitrogen and oxygen atoms in total. The van der Waals surface area contributed by atoms with Gasteiger partial charge in [0.15, 0.2) is 0 Å². The Morgan fingerprint density at radius 3 is 3.00 bits per heavy atom. The van der Waals surface area contributed by atoms with E-state index in [1.54, 1.807) is 17.5 Å². The first-order chi connectivity index (χ1) is 10.3. The zero-order chi connectivity index (χ0) is 14.3. The first-order valence-electron chi connectivity index (χ1n) is 7.29. The molecule has 0 saturated carbocycles. The van der Waals surface area contributed by atoms with Gasteiger partial charge in [0, 0.05) is 36.3 Å². The standard InChI is InChI=1S/C16H17FN2OS/c17-15-8-12-11-20-16(14(12)9-18-15)3-5-19(6-4-16)10-13-2-1-7-21-13/h1-2,7-9H,3-6,10-11H2. The van der Waals surface area contributed by atoms with Gasteiger partial charge in [-0.05, 0) is 35.9 Å². The van der Waals surface area contributed by atoms with Crippen LogP contribution in [0, 0.1) is 5.95 Å². The number of thiophene rings is 1. The molecule has 1 saturated heterocycles. The summed E-state index contributed by atoms with van der Waals surface area (Å²) in [6.07, 6.45) is 3.59. The van der Waals surface area contributed by atoms with E-state index in [9.17, 15) is 4.39 Å². The SMILES string of the molecule is Fc1cc2c(cn1)C1(CCN(Cc3cccs3)CC1)OC2. The average Bonchev–Trinajstić information content (AvgIpc) is 3.11. The maximum Gasteiger partial charge on any atom is 0.213 e. The quantitative estimate of drug-likeness (QED) is 0.796. The number of pyridine rings is 1. The Kier molecular flexibility index (Phi) is 3.28. The van der Waals surface area contributed by atoms with Gasteiger partial charge >= 0.3 is 0 Å². The lowest BCUT2D eigenvalue weighted by Crippen LogP contribution is -2.42. The highest BCUT2D eigenvalue weighted by molar-refractivity contribution is 7.09. The monoisotopic (exact) mass is 304 g/mol. The van der Waals surface area contributed by atoms with Crippen LogP contribution in [0.5, 0.6) is 0 Å². The summed E-state index contributed by atoms with van der Waals surface area (Å²) in [5.41, 5.74) is 1.83. The van der Waals surface area contributed by atoms with Crippen LogP contribution in [-0.4, -0.2) is 23.0 Å². The molecular formula is C16H17FN2OS. The molecular weight excluding hydrogens is 287 g/mol. The van der Waals surface area contributed by atoms with Crippen LogP contribution in [0.1, 0.15) is 28.8 Å². The molecule has 2 aliphatic heterocycles. The highest BCUT2D eigenvalue weighted by Gasteiger charge is 2.43. The van der Waals surface area contributed by atoms with Crippen LogP contribution in [0.2, 0.25) is 0 Å². The van der Waals surface area contributed by atoms with Gasteiger partial charge in [-0.1, -0.05) is 6.07 Å². The van der Waals surface area contributed by atoms with Crippen LogP contribution < -0.4 is 0 Å². The summed E-state index contributed by atoms with van der Waals surface area (Å²) >= 11 is 1.81. The second-order valence-electron chi connectivity index (χ2n) is 5.80. The van der Waals surface area contributed by atoms with Crippen molar-refractivity contribution in [2.75, 3.05) is 13.1 Å². The molecule has 4 rings (SSSR count). The Hall–Kier alpha value is -1.30. The number of fused-ring (bicyclic) bond motifs is 2. The Bertz CT molecular complexity index is 636. The van der Waals surface area contributed by atoms with Crippen molar-refractivity contribution in [3.63, 3.8) is 0 Å². The van der Waals surface area contributed by atoms with E-state index in [4.69, 9.17) is 4.74 Å². The number of ether oxygens (including phenoxy) is 1. The largest absolute Gasteiger partial charge is 0.365 e. The number of halogens is 1. The minimum atomic E-state index is -0.412. The number of aromatic nitrogens is 1. The van der Waals surface area contributed by atoms with Gasteiger partial charge < -0.3 is 4.74 Å². The van der Waals surface area contributed by atoms with Crippen molar-refractivity contribution in [2.45, 2.75) is 31.6 Å². The van der Waals surface area contributed by atoms with Gasteiger partial charge in [-0.15, -0.1) is 11.3 Å². The van der Waals surface area contributed by atoms with E-state index in [1.807, 2.05) is 0 Å². The van der Waals surface area contributed by atoms with Crippen molar-refractivity contribution in [3.8, 4) is 0 Å². The molecule has 1 spiro atoms. The van der Waals surface area contributed by atoms with E-state index in [2.05, 4.69) is 27.4 Å². The zero-order valence-electron chi connectivity index (χ0n) is 11.7. The molecule has 0 aliphatic carbocycles. The minimum absolute atomic E-state index is 0.234. The predicted octanol–water partition coefficient (Wildman–Crippen LogP) is 3.30. The topological polar surface area (TPSA) is 25.4 Å². The Balaban J connectivity index is 1.48. The van der Waals surface area contributed by atoms with Crippen LogP contribution >= 0.6 is 11.3 Å². The van der Waals surface area contributed by atoms with Crippen LogP contribution in [0.4, 0.5) is 4.39 Å². The van der Waals surface area contributed by atoms with E-state index in [0.29, 0.717) is 6.61 Å². The molecule has 2 aromatic heterocycles. The van der Waals surface area contributed by atoms with Crippen LogP contribution in [-0.2, 0) is 23.5 Å². The van der Waals surface area contributed by atoms with Crippen molar-refractivity contribution in [2.24, 2.45) is 0 Å². The minimum Gasteiger partial charge on any atom is -0.365 e.